The molecule has 0 spiro atoms. The predicted molar refractivity (Wildman–Crippen MR) is 168 cm³/mol. The molecule has 6 aromatic rings. The van der Waals surface area contributed by atoms with Gasteiger partial charge in [0.2, 0.25) is 5.71 Å². The third-order valence-corrected chi connectivity index (χ3v) is 10.8. The monoisotopic (exact) mass is 736 g/mol. The standard InChI is InChI=1S/C19H17N2OSi.C14H16NSi.Ir/c1-23(2,3)14-7-8-17(21-12-14)13-6-9-18-16(11-13)15-5-4-10-20-19(15)22-18;1-16(2,3)13-9-10-14(15-11-13)12-7-5-4-6-8-12;/h4-5,7-12H,1-3H3;4-7,9-11H,1-3H3;/q2*-1;. The Balaban J connectivity index is 0.000000192. The van der Waals surface area contributed by atoms with E-state index < -0.39 is 16.1 Å². The largest absolute Gasteiger partial charge is 0.486 e. The van der Waals surface area contributed by atoms with Gasteiger partial charge in [-0.3, -0.25) is 0 Å². The number of nitrogens with zero attached hydrogens (tertiary/aromatic N) is 3. The molecule has 1 radical (unpaired) electrons. The SMILES string of the molecule is C[Si](C)(C)c1ccc(-c2[c-]cc3oc4ncccc4c3c2)nc1.C[Si](C)(C)c1ccc(-c2[c-]cccc2)nc1.[Ir]. The third kappa shape index (κ3) is 6.73. The molecule has 0 fully saturated rings. The van der Waals surface area contributed by atoms with Crippen LogP contribution in [0.2, 0.25) is 39.3 Å². The fraction of sp³-hybridized carbons (Fsp3) is 0.182. The van der Waals surface area contributed by atoms with E-state index in [0.717, 1.165) is 38.9 Å². The van der Waals surface area contributed by atoms with Gasteiger partial charge in [-0.25, -0.2) is 4.98 Å². The Morgan fingerprint density at radius 2 is 1.30 bits per heavy atom. The van der Waals surface area contributed by atoms with Gasteiger partial charge in [-0.1, -0.05) is 68.9 Å². The van der Waals surface area contributed by atoms with Crippen LogP contribution in [0.25, 0.3) is 44.6 Å². The molecule has 0 unspecified atom stereocenters. The molecule has 0 atom stereocenters. The van der Waals surface area contributed by atoms with Crippen molar-refractivity contribution in [3.05, 3.63) is 104 Å². The number of pyridine rings is 3. The summed E-state index contributed by atoms with van der Waals surface area (Å²) in [6, 6.07) is 30.9. The number of fused-ring (bicyclic) bond motifs is 3. The van der Waals surface area contributed by atoms with Crippen molar-refractivity contribution in [2.24, 2.45) is 0 Å². The Kier molecular flexibility index (Phi) is 9.00. The Hall–Kier alpha value is -3.23. The molecule has 0 N–H and O–H groups in total. The molecule has 0 saturated heterocycles. The zero-order valence-corrected chi connectivity index (χ0v) is 28.1. The summed E-state index contributed by atoms with van der Waals surface area (Å²) in [7, 11) is -2.55. The summed E-state index contributed by atoms with van der Waals surface area (Å²) < 4.78 is 5.75. The smallest absolute Gasteiger partial charge is 0.216 e. The second-order valence-electron chi connectivity index (χ2n) is 11.7. The summed E-state index contributed by atoms with van der Waals surface area (Å²) in [5, 5.41) is 4.84. The molecule has 40 heavy (non-hydrogen) atoms. The summed E-state index contributed by atoms with van der Waals surface area (Å²) in [5.41, 5.74) is 5.45. The normalized spacial score (nSPS) is 11.6. The molecule has 2 aromatic carbocycles. The summed E-state index contributed by atoms with van der Waals surface area (Å²) in [6.45, 7) is 14.0. The van der Waals surface area contributed by atoms with Gasteiger partial charge in [0.05, 0.1) is 21.7 Å². The van der Waals surface area contributed by atoms with Crippen molar-refractivity contribution in [3.63, 3.8) is 0 Å². The van der Waals surface area contributed by atoms with E-state index in [1.54, 1.807) is 6.20 Å². The van der Waals surface area contributed by atoms with Gasteiger partial charge in [0.15, 0.2) is 0 Å². The molecule has 0 aliphatic rings. The molecule has 0 bridgehead atoms. The van der Waals surface area contributed by atoms with Crippen molar-refractivity contribution in [2.75, 3.05) is 0 Å². The van der Waals surface area contributed by atoms with Crippen LogP contribution in [-0.2, 0) is 20.1 Å². The van der Waals surface area contributed by atoms with Crippen LogP contribution in [0.15, 0.2) is 95.8 Å². The van der Waals surface area contributed by atoms with Crippen molar-refractivity contribution in [1.29, 1.82) is 0 Å². The third-order valence-electron chi connectivity index (χ3n) is 6.70. The summed E-state index contributed by atoms with van der Waals surface area (Å²) in [6.07, 6.45) is 5.77. The van der Waals surface area contributed by atoms with E-state index in [-0.39, 0.29) is 20.1 Å². The molecule has 0 aliphatic heterocycles. The van der Waals surface area contributed by atoms with Gasteiger partial charge in [0.25, 0.3) is 0 Å². The number of hydrogen-bond acceptors (Lipinski definition) is 4. The zero-order valence-electron chi connectivity index (χ0n) is 23.7. The molecular weight excluding hydrogens is 703 g/mol. The molecule has 6 rings (SSSR count). The predicted octanol–water partition coefficient (Wildman–Crippen LogP) is 7.48. The van der Waals surface area contributed by atoms with Gasteiger partial charge in [-0.2, -0.15) is 0 Å². The second kappa shape index (κ2) is 12.1. The fourth-order valence-corrected chi connectivity index (χ4v) is 6.32. The van der Waals surface area contributed by atoms with Crippen LogP contribution >= 0.6 is 0 Å². The minimum Gasteiger partial charge on any atom is -0.486 e. The van der Waals surface area contributed by atoms with Crippen LogP contribution < -0.4 is 10.4 Å². The molecule has 4 nitrogen and oxygen atoms in total. The Morgan fingerprint density at radius 3 is 1.85 bits per heavy atom. The molecule has 0 saturated carbocycles. The maximum absolute atomic E-state index is 5.75. The number of aromatic nitrogens is 3. The molecule has 0 amide bonds. The van der Waals surface area contributed by atoms with Gasteiger partial charge >= 0.3 is 0 Å². The van der Waals surface area contributed by atoms with E-state index >= 15 is 0 Å². The van der Waals surface area contributed by atoms with Crippen LogP contribution in [0, 0.1) is 12.1 Å². The molecule has 7 heteroatoms. The first-order chi connectivity index (χ1) is 18.6. The maximum Gasteiger partial charge on any atom is 0.216 e. The topological polar surface area (TPSA) is 51.8 Å². The average Bonchev–Trinajstić information content (AvgIpc) is 3.31. The van der Waals surface area contributed by atoms with Crippen molar-refractivity contribution in [1.82, 2.24) is 15.0 Å². The summed E-state index contributed by atoms with van der Waals surface area (Å²) >= 11 is 0. The van der Waals surface area contributed by atoms with Crippen LogP contribution in [-0.4, -0.2) is 31.1 Å². The average molecular weight is 736 g/mol. The number of hydrogen-bond donors (Lipinski definition) is 0. The molecule has 4 aromatic heterocycles. The van der Waals surface area contributed by atoms with Gasteiger partial charge in [0, 0.05) is 44.1 Å². The van der Waals surface area contributed by atoms with Gasteiger partial charge in [-0.15, -0.1) is 59.7 Å². The number of benzene rings is 2. The molecule has 4 heterocycles. The van der Waals surface area contributed by atoms with Crippen LogP contribution in [0.1, 0.15) is 0 Å². The van der Waals surface area contributed by atoms with Crippen LogP contribution in [0.4, 0.5) is 0 Å². The number of rotatable bonds is 4. The van der Waals surface area contributed by atoms with Gasteiger partial charge in [0.1, 0.15) is 0 Å². The van der Waals surface area contributed by atoms with Crippen LogP contribution in [0.5, 0.6) is 0 Å². The van der Waals surface area contributed by atoms with Crippen molar-refractivity contribution in [3.8, 4) is 22.5 Å². The van der Waals surface area contributed by atoms with E-state index in [1.807, 2.05) is 54.9 Å². The first-order valence-corrected chi connectivity index (χ1v) is 20.2. The van der Waals surface area contributed by atoms with Gasteiger partial charge < -0.3 is 14.4 Å². The Morgan fingerprint density at radius 1 is 0.650 bits per heavy atom. The summed E-state index contributed by atoms with van der Waals surface area (Å²) in [4.78, 5) is 13.4. The van der Waals surface area contributed by atoms with Crippen molar-refractivity contribution >= 4 is 48.6 Å². The van der Waals surface area contributed by atoms with Gasteiger partial charge in [-0.05, 0) is 33.9 Å². The Bertz CT molecular complexity index is 1700. The Labute approximate surface area is 252 Å². The van der Waals surface area contributed by atoms with Crippen molar-refractivity contribution < 1.29 is 24.5 Å². The number of furan rings is 1. The van der Waals surface area contributed by atoms with E-state index in [0.29, 0.717) is 5.71 Å². The first-order valence-electron chi connectivity index (χ1n) is 13.2. The van der Waals surface area contributed by atoms with E-state index in [2.05, 4.69) is 96.7 Å². The molecular formula is C33H33IrN3OSi2-2. The maximum atomic E-state index is 5.75. The van der Waals surface area contributed by atoms with E-state index in [4.69, 9.17) is 4.42 Å². The molecule has 205 valence electrons. The minimum atomic E-state index is -1.32. The second-order valence-corrected chi connectivity index (χ2v) is 21.9. The molecule has 0 aliphatic carbocycles. The minimum absolute atomic E-state index is 0. The van der Waals surface area contributed by atoms with Crippen molar-refractivity contribution in [2.45, 2.75) is 39.3 Å². The summed E-state index contributed by atoms with van der Waals surface area (Å²) in [5.74, 6) is 0. The van der Waals surface area contributed by atoms with E-state index in [1.165, 1.54) is 10.4 Å². The first kappa shape index (κ1) is 29.7. The zero-order chi connectivity index (χ0) is 27.6. The quantitative estimate of drug-likeness (QED) is 0.139. The van der Waals surface area contributed by atoms with E-state index in [9.17, 15) is 0 Å². The fourth-order valence-electron chi connectivity index (χ4n) is 4.25. The van der Waals surface area contributed by atoms with Crippen LogP contribution in [0.3, 0.4) is 0 Å².